The van der Waals surface area contributed by atoms with Crippen molar-refractivity contribution in [3.63, 3.8) is 0 Å². The van der Waals surface area contributed by atoms with Crippen molar-refractivity contribution in [1.82, 2.24) is 19.6 Å². The molecule has 3 aromatic rings. The van der Waals surface area contributed by atoms with Crippen molar-refractivity contribution >= 4 is 23.2 Å². The van der Waals surface area contributed by atoms with Gasteiger partial charge in [-0.05, 0) is 25.1 Å². The predicted molar refractivity (Wildman–Crippen MR) is 77.2 cm³/mol. The second-order valence-electron chi connectivity index (χ2n) is 4.20. The summed E-state index contributed by atoms with van der Waals surface area (Å²) in [6.45, 7) is 2.04. The number of ether oxygens (including phenoxy) is 1. The first kappa shape index (κ1) is 13.5. The maximum atomic E-state index is 11.9. The minimum atomic E-state index is -0.450. The summed E-state index contributed by atoms with van der Waals surface area (Å²) < 4.78 is 6.51. The smallest absolute Gasteiger partial charge is 0.343 e. The number of hydrogen-bond donors (Lipinski definition) is 0. The highest BCUT2D eigenvalue weighted by Crippen LogP contribution is 2.24. The summed E-state index contributed by atoms with van der Waals surface area (Å²) in [6.07, 6.45) is 4.76. The van der Waals surface area contributed by atoms with Crippen molar-refractivity contribution in [2.45, 2.75) is 6.92 Å². The maximum Gasteiger partial charge on any atom is 0.343 e. The highest BCUT2D eigenvalue weighted by molar-refractivity contribution is 6.32. The van der Waals surface area contributed by atoms with Crippen molar-refractivity contribution in [3.8, 4) is 11.3 Å². The average Bonchev–Trinajstić information content (AvgIpc) is 2.91. The van der Waals surface area contributed by atoms with Crippen LogP contribution in [0.1, 0.15) is 17.3 Å². The van der Waals surface area contributed by atoms with Gasteiger partial charge in [0.15, 0.2) is 5.65 Å². The molecule has 3 heterocycles. The van der Waals surface area contributed by atoms with Gasteiger partial charge in [-0.15, -0.1) is 0 Å². The molecule has 0 fully saturated rings. The predicted octanol–water partition coefficient (Wildman–Crippen LogP) is 2.62. The molecule has 3 rings (SSSR count). The Morgan fingerprint density at radius 2 is 2.29 bits per heavy atom. The second-order valence-corrected chi connectivity index (χ2v) is 4.56. The molecule has 21 heavy (non-hydrogen) atoms. The third kappa shape index (κ3) is 2.45. The minimum absolute atomic E-state index is 0.296. The molecule has 0 N–H and O–H groups in total. The van der Waals surface area contributed by atoms with Crippen LogP contribution in [0.3, 0.4) is 0 Å². The van der Waals surface area contributed by atoms with Gasteiger partial charge in [0.05, 0.1) is 18.5 Å². The molecule has 0 aliphatic carbocycles. The summed E-state index contributed by atoms with van der Waals surface area (Å²) in [5.41, 5.74) is 2.05. The van der Waals surface area contributed by atoms with Crippen LogP contribution in [-0.4, -0.2) is 32.2 Å². The van der Waals surface area contributed by atoms with E-state index in [9.17, 15) is 4.79 Å². The fourth-order valence-electron chi connectivity index (χ4n) is 1.95. The van der Waals surface area contributed by atoms with E-state index < -0.39 is 5.97 Å². The van der Waals surface area contributed by atoms with E-state index >= 15 is 0 Å². The molecule has 3 aromatic heterocycles. The van der Waals surface area contributed by atoms with Crippen molar-refractivity contribution < 1.29 is 9.53 Å². The highest BCUT2D eigenvalue weighted by atomic mass is 35.5. The van der Waals surface area contributed by atoms with Crippen LogP contribution >= 0.6 is 11.6 Å². The van der Waals surface area contributed by atoms with Gasteiger partial charge in [0.25, 0.3) is 0 Å². The Balaban J connectivity index is 2.13. The van der Waals surface area contributed by atoms with E-state index in [0.29, 0.717) is 34.2 Å². The molecule has 0 spiro atoms. The molecule has 0 atom stereocenters. The van der Waals surface area contributed by atoms with Crippen LogP contribution in [0.2, 0.25) is 5.15 Å². The SMILES string of the molecule is CCOC(=O)c1cnn2ccc(-c3cccnc3Cl)nc12. The zero-order valence-corrected chi connectivity index (χ0v) is 11.9. The molecule has 6 nitrogen and oxygen atoms in total. The normalized spacial score (nSPS) is 10.8. The fourth-order valence-corrected chi connectivity index (χ4v) is 2.16. The van der Waals surface area contributed by atoms with Crippen LogP contribution in [0.5, 0.6) is 0 Å². The molecule has 0 unspecified atom stereocenters. The number of fused-ring (bicyclic) bond motifs is 1. The Kier molecular flexibility index (Phi) is 3.53. The summed E-state index contributed by atoms with van der Waals surface area (Å²) in [7, 11) is 0. The van der Waals surface area contributed by atoms with Gasteiger partial charge in [-0.3, -0.25) is 0 Å². The lowest BCUT2D eigenvalue weighted by molar-refractivity contribution is 0.0528. The summed E-state index contributed by atoms with van der Waals surface area (Å²) >= 11 is 6.07. The molecule has 0 bridgehead atoms. The number of carbonyl (C=O) groups excluding carboxylic acids is 1. The van der Waals surface area contributed by atoms with E-state index in [4.69, 9.17) is 16.3 Å². The van der Waals surface area contributed by atoms with Crippen molar-refractivity contribution in [2.24, 2.45) is 0 Å². The molecule has 106 valence electrons. The average molecular weight is 303 g/mol. The number of aromatic nitrogens is 4. The topological polar surface area (TPSA) is 69.4 Å². The first-order valence-corrected chi connectivity index (χ1v) is 6.71. The van der Waals surface area contributed by atoms with Crippen molar-refractivity contribution in [3.05, 3.63) is 47.5 Å². The Morgan fingerprint density at radius 3 is 3.05 bits per heavy atom. The molecule has 0 aliphatic heterocycles. The number of halogens is 1. The van der Waals surface area contributed by atoms with Gasteiger partial charge in [0, 0.05) is 18.0 Å². The molecule has 0 aliphatic rings. The second kappa shape index (κ2) is 5.49. The van der Waals surface area contributed by atoms with E-state index in [2.05, 4.69) is 15.1 Å². The standard InChI is InChI=1S/C14H11ClN4O2/c1-2-21-14(20)10-8-17-19-7-5-11(18-13(10)19)9-4-3-6-16-12(9)15/h3-8H,2H2,1H3. The lowest BCUT2D eigenvalue weighted by Crippen LogP contribution is -2.05. The molecular weight excluding hydrogens is 292 g/mol. The third-order valence-electron chi connectivity index (χ3n) is 2.90. The highest BCUT2D eigenvalue weighted by Gasteiger charge is 2.16. The monoisotopic (exact) mass is 302 g/mol. The summed E-state index contributed by atoms with van der Waals surface area (Å²) in [5, 5.41) is 4.44. The van der Waals surface area contributed by atoms with Gasteiger partial charge in [0.2, 0.25) is 0 Å². The van der Waals surface area contributed by atoms with Crippen LogP contribution < -0.4 is 0 Å². The number of rotatable bonds is 3. The zero-order valence-electron chi connectivity index (χ0n) is 11.2. The first-order chi connectivity index (χ1) is 10.2. The van der Waals surface area contributed by atoms with E-state index in [0.717, 1.165) is 0 Å². The van der Waals surface area contributed by atoms with Crippen molar-refractivity contribution in [2.75, 3.05) is 6.61 Å². The van der Waals surface area contributed by atoms with Crippen LogP contribution in [0.25, 0.3) is 16.9 Å². The van der Waals surface area contributed by atoms with Gasteiger partial charge < -0.3 is 4.74 Å². The van der Waals surface area contributed by atoms with E-state index in [1.54, 1.807) is 31.5 Å². The van der Waals surface area contributed by atoms with Gasteiger partial charge in [-0.1, -0.05) is 11.6 Å². The van der Waals surface area contributed by atoms with Crippen LogP contribution in [0, 0.1) is 0 Å². The number of hydrogen-bond acceptors (Lipinski definition) is 5. The molecular formula is C14H11ClN4O2. The fraction of sp³-hybridized carbons (Fsp3) is 0.143. The van der Waals surface area contributed by atoms with Gasteiger partial charge >= 0.3 is 5.97 Å². The molecule has 0 aromatic carbocycles. The van der Waals surface area contributed by atoms with Gasteiger partial charge in [0.1, 0.15) is 10.7 Å². The molecule has 0 saturated heterocycles. The van der Waals surface area contributed by atoms with E-state index in [1.807, 2.05) is 6.07 Å². The quantitative estimate of drug-likeness (QED) is 0.549. The minimum Gasteiger partial charge on any atom is -0.462 e. The number of carbonyl (C=O) groups is 1. The Hall–Kier alpha value is -2.47. The largest absolute Gasteiger partial charge is 0.462 e. The number of esters is 1. The molecule has 0 radical (unpaired) electrons. The van der Waals surface area contributed by atoms with Crippen molar-refractivity contribution in [1.29, 1.82) is 0 Å². The molecule has 0 saturated carbocycles. The lowest BCUT2D eigenvalue weighted by atomic mass is 10.2. The van der Waals surface area contributed by atoms with Crippen LogP contribution in [0.4, 0.5) is 0 Å². The number of pyridine rings is 1. The van der Waals surface area contributed by atoms with Crippen LogP contribution in [-0.2, 0) is 4.74 Å². The Labute approximate surface area is 125 Å². The summed E-state index contributed by atoms with van der Waals surface area (Å²) in [6, 6.07) is 5.35. The number of nitrogens with zero attached hydrogens (tertiary/aromatic N) is 4. The summed E-state index contributed by atoms with van der Waals surface area (Å²) in [5.74, 6) is -0.450. The van der Waals surface area contributed by atoms with E-state index in [-0.39, 0.29) is 0 Å². The molecule has 7 heteroatoms. The van der Waals surface area contributed by atoms with E-state index in [1.165, 1.54) is 10.7 Å². The maximum absolute atomic E-state index is 11.9. The third-order valence-corrected chi connectivity index (χ3v) is 3.20. The zero-order chi connectivity index (χ0) is 14.8. The lowest BCUT2D eigenvalue weighted by Gasteiger charge is -2.04. The first-order valence-electron chi connectivity index (χ1n) is 6.33. The summed E-state index contributed by atoms with van der Waals surface area (Å²) in [4.78, 5) is 20.3. The van der Waals surface area contributed by atoms with Crippen LogP contribution in [0.15, 0.2) is 36.8 Å². The van der Waals surface area contributed by atoms with Gasteiger partial charge in [-0.25, -0.2) is 19.3 Å². The van der Waals surface area contributed by atoms with Gasteiger partial charge in [-0.2, -0.15) is 5.10 Å². The molecule has 0 amide bonds. The Morgan fingerprint density at radius 1 is 1.43 bits per heavy atom. The Bertz CT molecular complexity index is 816.